The molecule has 70 valence electrons. The first-order valence-electron chi connectivity index (χ1n) is 3.25. The van der Waals surface area contributed by atoms with E-state index in [2.05, 4.69) is 0 Å². The Morgan fingerprint density at radius 1 is 1.54 bits per heavy atom. The highest BCUT2D eigenvalue weighted by atomic mass is 19.3. The van der Waals surface area contributed by atoms with Crippen LogP contribution >= 0.6 is 0 Å². The van der Waals surface area contributed by atoms with Gasteiger partial charge in [-0.25, -0.2) is 8.78 Å². The number of halogens is 2. The normalized spacial score (nSPS) is 10.4. The molecule has 1 aromatic heterocycles. The van der Waals surface area contributed by atoms with E-state index >= 15 is 0 Å². The van der Waals surface area contributed by atoms with Crippen molar-refractivity contribution >= 4 is 6.29 Å². The molecule has 0 unspecified atom stereocenters. The average Bonchev–Trinajstić information content (AvgIpc) is 2.09. The van der Waals surface area contributed by atoms with Gasteiger partial charge in [-0.1, -0.05) is 0 Å². The van der Waals surface area contributed by atoms with Crippen molar-refractivity contribution in [2.24, 2.45) is 0 Å². The molecular formula is C7H5F2NO3. The van der Waals surface area contributed by atoms with E-state index in [9.17, 15) is 18.4 Å². The van der Waals surface area contributed by atoms with Crippen molar-refractivity contribution in [3.63, 3.8) is 0 Å². The number of H-pyrrole nitrogens is 1. The maximum Gasteiger partial charge on any atom is 0.290 e. The van der Waals surface area contributed by atoms with Gasteiger partial charge in [-0.3, -0.25) is 9.59 Å². The third-order valence-corrected chi connectivity index (χ3v) is 1.49. The number of carbonyl (C=O) groups is 1. The Kier molecular flexibility index (Phi) is 2.41. The average molecular weight is 189 g/mol. The molecule has 1 rings (SSSR count). The van der Waals surface area contributed by atoms with E-state index in [0.29, 0.717) is 6.20 Å². The van der Waals surface area contributed by atoms with Gasteiger partial charge in [-0.2, -0.15) is 0 Å². The molecular weight excluding hydrogens is 184 g/mol. The Hall–Kier alpha value is -1.72. The molecule has 0 atom stereocenters. The fourth-order valence-corrected chi connectivity index (χ4v) is 0.853. The Morgan fingerprint density at radius 3 is 2.62 bits per heavy atom. The number of hydrogen-bond donors (Lipinski definition) is 2. The molecule has 0 aliphatic carbocycles. The summed E-state index contributed by atoms with van der Waals surface area (Å²) in [6.07, 6.45) is -2.19. The smallest absolute Gasteiger partial charge is 0.290 e. The first-order valence-corrected chi connectivity index (χ1v) is 3.25. The molecule has 0 amide bonds. The number of hydrogen-bond acceptors (Lipinski definition) is 3. The first kappa shape index (κ1) is 9.37. The van der Waals surface area contributed by atoms with Gasteiger partial charge >= 0.3 is 0 Å². The maximum atomic E-state index is 12.1. The van der Waals surface area contributed by atoms with Crippen molar-refractivity contribution in [2.75, 3.05) is 0 Å². The largest absolute Gasteiger partial charge is 0.503 e. The number of carbonyl (C=O) groups excluding carboxylic acids is 1. The van der Waals surface area contributed by atoms with Crippen molar-refractivity contribution in [3.05, 3.63) is 27.7 Å². The molecule has 13 heavy (non-hydrogen) atoms. The topological polar surface area (TPSA) is 70.2 Å². The van der Waals surface area contributed by atoms with E-state index in [1.54, 1.807) is 0 Å². The lowest BCUT2D eigenvalue weighted by atomic mass is 10.1. The summed E-state index contributed by atoms with van der Waals surface area (Å²) < 4.78 is 24.3. The minimum atomic E-state index is -2.91. The number of nitrogens with one attached hydrogen (secondary N) is 1. The van der Waals surface area contributed by atoms with Crippen molar-refractivity contribution in [3.8, 4) is 5.75 Å². The van der Waals surface area contributed by atoms with Crippen LogP contribution in [0.4, 0.5) is 8.78 Å². The summed E-state index contributed by atoms with van der Waals surface area (Å²) in [5.41, 5.74) is -2.32. The van der Waals surface area contributed by atoms with E-state index in [4.69, 9.17) is 5.11 Å². The van der Waals surface area contributed by atoms with Gasteiger partial charge < -0.3 is 10.1 Å². The fourth-order valence-electron chi connectivity index (χ4n) is 0.853. The van der Waals surface area contributed by atoms with Gasteiger partial charge in [0.15, 0.2) is 12.0 Å². The van der Waals surface area contributed by atoms with Crippen molar-refractivity contribution in [1.29, 1.82) is 0 Å². The van der Waals surface area contributed by atoms with Crippen LogP contribution in [0.1, 0.15) is 22.3 Å². The maximum absolute atomic E-state index is 12.1. The van der Waals surface area contributed by atoms with Crippen LogP contribution in [0.5, 0.6) is 5.75 Å². The highest BCUT2D eigenvalue weighted by Crippen LogP contribution is 2.23. The zero-order valence-corrected chi connectivity index (χ0v) is 6.25. The third kappa shape index (κ3) is 1.56. The quantitative estimate of drug-likeness (QED) is 0.677. The molecule has 0 aliphatic rings. The van der Waals surface area contributed by atoms with E-state index in [1.807, 2.05) is 4.98 Å². The molecule has 0 radical (unpaired) electrons. The second-order valence-electron chi connectivity index (χ2n) is 2.25. The van der Waals surface area contributed by atoms with Crippen LogP contribution in [0.2, 0.25) is 0 Å². The van der Waals surface area contributed by atoms with Crippen molar-refractivity contribution in [1.82, 2.24) is 4.98 Å². The monoisotopic (exact) mass is 189 g/mol. The third-order valence-electron chi connectivity index (χ3n) is 1.49. The SMILES string of the molecule is O=Cc1c(C(F)F)c[nH]c(=O)c1O. The Morgan fingerprint density at radius 2 is 2.15 bits per heavy atom. The highest BCUT2D eigenvalue weighted by molar-refractivity contribution is 5.81. The van der Waals surface area contributed by atoms with Crippen molar-refractivity contribution < 1.29 is 18.7 Å². The van der Waals surface area contributed by atoms with Crippen LogP contribution in [0.3, 0.4) is 0 Å². The zero-order chi connectivity index (χ0) is 10.0. The zero-order valence-electron chi connectivity index (χ0n) is 6.25. The number of alkyl halides is 2. The number of pyridine rings is 1. The lowest BCUT2D eigenvalue weighted by Crippen LogP contribution is -2.09. The second kappa shape index (κ2) is 3.34. The summed E-state index contributed by atoms with van der Waals surface area (Å²) in [7, 11) is 0. The molecule has 0 saturated carbocycles. The van der Waals surface area contributed by atoms with E-state index in [1.165, 1.54) is 0 Å². The second-order valence-corrected chi connectivity index (χ2v) is 2.25. The molecule has 0 saturated heterocycles. The lowest BCUT2D eigenvalue weighted by molar-refractivity contribution is 0.110. The number of aromatic nitrogens is 1. The molecule has 1 aromatic rings. The predicted molar refractivity (Wildman–Crippen MR) is 39.1 cm³/mol. The van der Waals surface area contributed by atoms with Gasteiger partial charge in [0.25, 0.3) is 12.0 Å². The standard InChI is InChI=1S/C7H5F2NO3/c8-6(9)3-1-10-7(13)5(12)4(3)2-11/h1-2,6,12H,(H,10,13). The summed E-state index contributed by atoms with van der Waals surface area (Å²) in [6, 6.07) is 0. The molecule has 6 heteroatoms. The van der Waals surface area contributed by atoms with Crippen molar-refractivity contribution in [2.45, 2.75) is 6.43 Å². The van der Waals surface area contributed by atoms with Crippen LogP contribution in [0.15, 0.2) is 11.0 Å². The summed E-state index contributed by atoms with van der Waals surface area (Å²) in [4.78, 5) is 22.8. The molecule has 0 fully saturated rings. The van der Waals surface area contributed by atoms with Gasteiger partial charge in [0, 0.05) is 11.8 Å². The molecule has 2 N–H and O–H groups in total. The lowest BCUT2D eigenvalue weighted by Gasteiger charge is -2.03. The molecule has 0 aliphatic heterocycles. The van der Waals surface area contributed by atoms with Crippen LogP contribution in [-0.4, -0.2) is 16.4 Å². The van der Waals surface area contributed by atoms with E-state index in [0.717, 1.165) is 0 Å². The van der Waals surface area contributed by atoms with Crippen LogP contribution in [0, 0.1) is 0 Å². The summed E-state index contributed by atoms with van der Waals surface area (Å²) in [5, 5.41) is 8.92. The first-order chi connectivity index (χ1) is 6.07. The Balaban J connectivity index is 3.47. The fraction of sp³-hybridized carbons (Fsp3) is 0.143. The number of aromatic amines is 1. The van der Waals surface area contributed by atoms with E-state index < -0.39 is 28.9 Å². The Labute approximate surface area is 70.8 Å². The number of aldehydes is 1. The highest BCUT2D eigenvalue weighted by Gasteiger charge is 2.17. The van der Waals surface area contributed by atoms with E-state index in [-0.39, 0.29) is 6.29 Å². The molecule has 1 heterocycles. The van der Waals surface area contributed by atoms with Gasteiger partial charge in [-0.15, -0.1) is 0 Å². The summed E-state index contributed by atoms with van der Waals surface area (Å²) in [6.45, 7) is 0. The van der Waals surface area contributed by atoms with Crippen LogP contribution in [-0.2, 0) is 0 Å². The predicted octanol–water partition coefficient (Wildman–Crippen LogP) is 0.831. The molecule has 4 nitrogen and oxygen atoms in total. The molecule has 0 aromatic carbocycles. The molecule has 0 bridgehead atoms. The minimum absolute atomic E-state index is 0.0199. The van der Waals surface area contributed by atoms with Crippen LogP contribution in [0.25, 0.3) is 0 Å². The van der Waals surface area contributed by atoms with Gasteiger partial charge in [0.2, 0.25) is 0 Å². The summed E-state index contributed by atoms with van der Waals surface area (Å²) in [5.74, 6) is -0.979. The van der Waals surface area contributed by atoms with Crippen LogP contribution < -0.4 is 5.56 Å². The number of aromatic hydroxyl groups is 1. The van der Waals surface area contributed by atoms with Gasteiger partial charge in [0.05, 0.1) is 5.56 Å². The minimum Gasteiger partial charge on any atom is -0.503 e. The van der Waals surface area contributed by atoms with Gasteiger partial charge in [-0.05, 0) is 0 Å². The summed E-state index contributed by atoms with van der Waals surface area (Å²) >= 11 is 0. The van der Waals surface area contributed by atoms with Gasteiger partial charge in [0.1, 0.15) is 0 Å². The Bertz CT molecular complexity index is 386. The molecule has 0 spiro atoms. The number of rotatable bonds is 2.